The Morgan fingerprint density at radius 1 is 1.00 bits per heavy atom. The summed E-state index contributed by atoms with van der Waals surface area (Å²) in [7, 11) is 0. The number of rotatable bonds is 1. The number of azo groups is 1. The Balaban J connectivity index is 2.20. The maximum absolute atomic E-state index is 11.6. The molecule has 1 unspecified atom stereocenters. The van der Waals surface area contributed by atoms with Gasteiger partial charge in [0.1, 0.15) is 11.8 Å². The molecule has 0 fully saturated rings. The van der Waals surface area contributed by atoms with Crippen LogP contribution in [0.25, 0.3) is 0 Å². The van der Waals surface area contributed by atoms with Crippen molar-refractivity contribution in [1.82, 2.24) is 0 Å². The molecule has 3 rings (SSSR count). The van der Waals surface area contributed by atoms with Crippen molar-refractivity contribution in [3.05, 3.63) is 65.2 Å². The van der Waals surface area contributed by atoms with Gasteiger partial charge in [-0.25, -0.2) is 0 Å². The van der Waals surface area contributed by atoms with Gasteiger partial charge in [0.05, 0.1) is 5.56 Å². The average Bonchev–Trinajstić information content (AvgIpc) is 2.41. The molecule has 4 heteroatoms. The summed E-state index contributed by atoms with van der Waals surface area (Å²) >= 11 is 0. The number of carbonyl (C=O) groups is 1. The van der Waals surface area contributed by atoms with Crippen molar-refractivity contribution >= 4 is 5.91 Å². The van der Waals surface area contributed by atoms with E-state index in [4.69, 9.17) is 0 Å². The quantitative estimate of drug-likeness (QED) is 0.829. The number of amides is 1. The number of fused-ring (bicyclic) bond motifs is 1. The Hall–Kier alpha value is -2.49. The first kappa shape index (κ1) is 10.7. The lowest BCUT2D eigenvalue weighted by Gasteiger charge is -2.19. The van der Waals surface area contributed by atoms with Crippen molar-refractivity contribution in [2.45, 2.75) is 6.04 Å². The maximum atomic E-state index is 11.6. The number of hydrogen-bond donors (Lipinski definition) is 1. The second-order valence-electron chi connectivity index (χ2n) is 4.07. The van der Waals surface area contributed by atoms with E-state index in [1.807, 2.05) is 30.3 Å². The first-order valence-corrected chi connectivity index (χ1v) is 5.59. The van der Waals surface area contributed by atoms with Gasteiger partial charge in [-0.3, -0.25) is 4.79 Å². The molecule has 2 aromatic carbocycles. The molecule has 1 amide bonds. The van der Waals surface area contributed by atoms with Crippen LogP contribution in [0.5, 0.6) is 5.75 Å². The van der Waals surface area contributed by atoms with E-state index in [9.17, 15) is 9.90 Å². The molecule has 1 N–H and O–H groups in total. The van der Waals surface area contributed by atoms with Gasteiger partial charge < -0.3 is 5.11 Å². The zero-order valence-corrected chi connectivity index (χ0v) is 9.45. The zero-order chi connectivity index (χ0) is 12.5. The minimum atomic E-state index is -0.417. The lowest BCUT2D eigenvalue weighted by atomic mass is 9.93. The van der Waals surface area contributed by atoms with Gasteiger partial charge in [-0.05, 0) is 17.7 Å². The Labute approximate surface area is 104 Å². The number of aromatic hydroxyl groups is 1. The zero-order valence-electron chi connectivity index (χ0n) is 9.45. The van der Waals surface area contributed by atoms with Gasteiger partial charge in [-0.1, -0.05) is 36.4 Å². The van der Waals surface area contributed by atoms with E-state index in [-0.39, 0.29) is 5.75 Å². The van der Waals surface area contributed by atoms with Gasteiger partial charge >= 0.3 is 0 Å². The van der Waals surface area contributed by atoms with E-state index >= 15 is 0 Å². The monoisotopic (exact) mass is 238 g/mol. The van der Waals surface area contributed by atoms with Gasteiger partial charge in [0, 0.05) is 5.56 Å². The smallest absolute Gasteiger partial charge is 0.295 e. The number of nitrogens with zero attached hydrogens (tertiary/aromatic N) is 2. The minimum absolute atomic E-state index is 0.0772. The van der Waals surface area contributed by atoms with Crippen LogP contribution in [-0.2, 0) is 0 Å². The summed E-state index contributed by atoms with van der Waals surface area (Å²) in [5, 5.41) is 17.6. The molecule has 1 aliphatic rings. The van der Waals surface area contributed by atoms with E-state index in [2.05, 4.69) is 10.2 Å². The maximum Gasteiger partial charge on any atom is 0.295 e. The fourth-order valence-corrected chi connectivity index (χ4v) is 2.12. The molecule has 0 saturated carbocycles. The Kier molecular flexibility index (Phi) is 2.41. The highest BCUT2D eigenvalue weighted by Gasteiger charge is 2.27. The molecule has 0 spiro atoms. The summed E-state index contributed by atoms with van der Waals surface area (Å²) in [4.78, 5) is 11.6. The molecular formula is C14H10N2O2. The van der Waals surface area contributed by atoms with Crippen molar-refractivity contribution in [3.8, 4) is 5.75 Å². The van der Waals surface area contributed by atoms with Crippen molar-refractivity contribution < 1.29 is 9.90 Å². The van der Waals surface area contributed by atoms with Gasteiger partial charge in [-0.2, -0.15) is 5.11 Å². The third-order valence-electron chi connectivity index (χ3n) is 2.97. The van der Waals surface area contributed by atoms with Crippen LogP contribution in [0.4, 0.5) is 0 Å². The molecule has 18 heavy (non-hydrogen) atoms. The van der Waals surface area contributed by atoms with Gasteiger partial charge in [0.15, 0.2) is 0 Å². The third-order valence-corrected chi connectivity index (χ3v) is 2.97. The first-order chi connectivity index (χ1) is 8.77. The molecule has 1 aliphatic heterocycles. The average molecular weight is 238 g/mol. The molecule has 1 heterocycles. The minimum Gasteiger partial charge on any atom is -0.508 e. The highest BCUT2D eigenvalue weighted by molar-refractivity contribution is 5.97. The first-order valence-electron chi connectivity index (χ1n) is 5.59. The van der Waals surface area contributed by atoms with Crippen LogP contribution < -0.4 is 0 Å². The summed E-state index contributed by atoms with van der Waals surface area (Å²) in [5.74, 6) is -0.332. The lowest BCUT2D eigenvalue weighted by Crippen LogP contribution is -2.11. The molecular weight excluding hydrogens is 228 g/mol. The number of phenolic OH excluding ortho intramolecular Hbond substituents is 1. The summed E-state index contributed by atoms with van der Waals surface area (Å²) in [6.45, 7) is 0. The van der Waals surface area contributed by atoms with Crippen molar-refractivity contribution in [3.63, 3.8) is 0 Å². The van der Waals surface area contributed by atoms with Crippen LogP contribution >= 0.6 is 0 Å². The molecule has 0 aromatic heterocycles. The van der Waals surface area contributed by atoms with Gasteiger partial charge in [-0.15, -0.1) is 5.11 Å². The van der Waals surface area contributed by atoms with E-state index in [1.165, 1.54) is 0 Å². The molecule has 2 aromatic rings. The summed E-state index contributed by atoms with van der Waals surface area (Å²) in [6.07, 6.45) is 0. The fraction of sp³-hybridized carbons (Fsp3) is 0.0714. The second kappa shape index (κ2) is 4.07. The van der Waals surface area contributed by atoms with Crippen LogP contribution in [-0.4, -0.2) is 11.0 Å². The molecule has 0 radical (unpaired) electrons. The van der Waals surface area contributed by atoms with Crippen LogP contribution in [0.3, 0.4) is 0 Å². The lowest BCUT2D eigenvalue weighted by molar-refractivity contribution is 0.0985. The SMILES string of the molecule is O=C1N=NC(c2ccccc2)c2c(O)cccc21. The van der Waals surface area contributed by atoms with Crippen LogP contribution in [0.15, 0.2) is 58.8 Å². The fourth-order valence-electron chi connectivity index (χ4n) is 2.12. The van der Waals surface area contributed by atoms with Crippen molar-refractivity contribution in [2.24, 2.45) is 10.2 Å². The summed E-state index contributed by atoms with van der Waals surface area (Å²) in [6, 6.07) is 13.9. The topological polar surface area (TPSA) is 62.0 Å². The summed E-state index contributed by atoms with van der Waals surface area (Å²) in [5.41, 5.74) is 1.85. The van der Waals surface area contributed by atoms with Crippen molar-refractivity contribution in [1.29, 1.82) is 0 Å². The number of hydrogen-bond acceptors (Lipinski definition) is 3. The molecule has 4 nitrogen and oxygen atoms in total. The number of carbonyl (C=O) groups excluding carboxylic acids is 1. The molecule has 88 valence electrons. The second-order valence-corrected chi connectivity index (χ2v) is 4.07. The Morgan fingerprint density at radius 3 is 2.56 bits per heavy atom. The number of benzene rings is 2. The standard InChI is InChI=1S/C14H10N2O2/c17-11-8-4-7-10-12(11)13(15-16-14(10)18)9-5-2-1-3-6-9/h1-8,13,17H. The Bertz CT molecular complexity index is 635. The molecule has 1 atom stereocenters. The van der Waals surface area contributed by atoms with Crippen LogP contribution in [0.2, 0.25) is 0 Å². The van der Waals surface area contributed by atoms with Gasteiger partial charge in [0.2, 0.25) is 0 Å². The van der Waals surface area contributed by atoms with E-state index in [0.29, 0.717) is 11.1 Å². The number of phenols is 1. The van der Waals surface area contributed by atoms with E-state index < -0.39 is 11.9 Å². The van der Waals surface area contributed by atoms with Crippen molar-refractivity contribution in [2.75, 3.05) is 0 Å². The highest BCUT2D eigenvalue weighted by Crippen LogP contribution is 2.38. The van der Waals surface area contributed by atoms with E-state index in [0.717, 1.165) is 5.56 Å². The normalized spacial score (nSPS) is 17.6. The highest BCUT2D eigenvalue weighted by atomic mass is 16.3. The predicted octanol–water partition coefficient (Wildman–Crippen LogP) is 3.09. The third kappa shape index (κ3) is 1.59. The summed E-state index contributed by atoms with van der Waals surface area (Å²) < 4.78 is 0. The molecule has 0 saturated heterocycles. The molecule has 0 aliphatic carbocycles. The largest absolute Gasteiger partial charge is 0.508 e. The van der Waals surface area contributed by atoms with Crippen LogP contribution in [0, 0.1) is 0 Å². The van der Waals surface area contributed by atoms with Gasteiger partial charge in [0.25, 0.3) is 5.91 Å². The molecule has 0 bridgehead atoms. The Morgan fingerprint density at radius 2 is 1.78 bits per heavy atom. The van der Waals surface area contributed by atoms with Crippen LogP contribution in [0.1, 0.15) is 27.5 Å². The van der Waals surface area contributed by atoms with E-state index in [1.54, 1.807) is 18.2 Å². The predicted molar refractivity (Wildman–Crippen MR) is 65.6 cm³/mol.